The van der Waals surface area contributed by atoms with Crippen LogP contribution in [0.15, 0.2) is 48.5 Å². The van der Waals surface area contributed by atoms with Gasteiger partial charge in [-0.2, -0.15) is 0 Å². The Bertz CT molecular complexity index is 575. The van der Waals surface area contributed by atoms with Crippen LogP contribution in [0.25, 0.3) is 0 Å². The van der Waals surface area contributed by atoms with Crippen molar-refractivity contribution in [2.24, 2.45) is 0 Å². The summed E-state index contributed by atoms with van der Waals surface area (Å²) in [6.07, 6.45) is 0. The van der Waals surface area contributed by atoms with Gasteiger partial charge >= 0.3 is 7.05 Å². The predicted molar refractivity (Wildman–Crippen MR) is 70.4 cm³/mol. The minimum Gasteiger partial charge on any atom is -0.542 e. The van der Waals surface area contributed by atoms with Gasteiger partial charge in [0.25, 0.3) is 0 Å². The number of nitrogens with one attached hydrogen (secondary N) is 1. The largest absolute Gasteiger partial charge is 0.542 e. The van der Waals surface area contributed by atoms with Crippen LogP contribution in [-0.4, -0.2) is 7.05 Å². The maximum atomic E-state index is 13.8. The second-order valence-electron chi connectivity index (χ2n) is 4.45. The molecule has 0 amide bonds. The highest BCUT2D eigenvalue weighted by atomic mass is 19.1. The number of fused-ring (bicyclic) bond motifs is 1. The van der Waals surface area contributed by atoms with Crippen molar-refractivity contribution in [1.82, 2.24) is 5.23 Å². The van der Waals surface area contributed by atoms with E-state index < -0.39 is 7.05 Å². The highest BCUT2D eigenvalue weighted by Crippen LogP contribution is 2.28. The molecule has 0 radical (unpaired) electrons. The number of rotatable bonds is 1. The third-order valence-electron chi connectivity index (χ3n) is 3.22. The first-order chi connectivity index (χ1) is 8.75. The fraction of sp³-hybridized carbons (Fsp3) is 0.143. The molecule has 1 unspecified atom stereocenters. The molecule has 1 atom stereocenters. The molecule has 90 valence electrons. The van der Waals surface area contributed by atoms with Crippen molar-refractivity contribution in [3.8, 4) is 5.75 Å². The summed E-state index contributed by atoms with van der Waals surface area (Å²) in [6, 6.07) is 14.7. The molecule has 0 aliphatic carbocycles. The number of hydrogen-bond acceptors (Lipinski definition) is 2. The summed E-state index contributed by atoms with van der Waals surface area (Å²) in [7, 11) is -0.434. The minimum atomic E-state index is -0.434. The summed E-state index contributed by atoms with van der Waals surface area (Å²) in [4.78, 5) is 0. The standard InChI is InChI=1S/C14H13BFNO/c1-10-11-6-2-5-9-14(11)18-15(17-10)12-7-3-4-8-13(12)16/h2-10,17H,1H3. The zero-order chi connectivity index (χ0) is 12.5. The second-order valence-corrected chi connectivity index (χ2v) is 4.45. The molecule has 0 fully saturated rings. The van der Waals surface area contributed by atoms with Crippen LogP contribution in [0.2, 0.25) is 0 Å². The first-order valence-corrected chi connectivity index (χ1v) is 6.02. The Hall–Kier alpha value is -1.81. The van der Waals surface area contributed by atoms with Crippen molar-refractivity contribution < 1.29 is 9.04 Å². The van der Waals surface area contributed by atoms with E-state index in [0.29, 0.717) is 5.46 Å². The topological polar surface area (TPSA) is 21.3 Å². The van der Waals surface area contributed by atoms with E-state index in [1.807, 2.05) is 30.3 Å². The average Bonchev–Trinajstić information content (AvgIpc) is 2.39. The third kappa shape index (κ3) is 1.89. The lowest BCUT2D eigenvalue weighted by molar-refractivity contribution is 0.489. The molecular formula is C14H13BFNO. The zero-order valence-electron chi connectivity index (χ0n) is 10.1. The molecule has 0 bridgehead atoms. The van der Waals surface area contributed by atoms with Gasteiger partial charge in [0.1, 0.15) is 11.6 Å². The van der Waals surface area contributed by atoms with Crippen LogP contribution in [0.5, 0.6) is 5.75 Å². The molecule has 2 aromatic rings. The molecule has 2 aromatic carbocycles. The lowest BCUT2D eigenvalue weighted by atomic mass is 9.70. The van der Waals surface area contributed by atoms with Gasteiger partial charge in [0.05, 0.1) is 0 Å². The van der Waals surface area contributed by atoms with Gasteiger partial charge in [-0.15, -0.1) is 0 Å². The van der Waals surface area contributed by atoms with E-state index in [0.717, 1.165) is 11.3 Å². The van der Waals surface area contributed by atoms with Crippen molar-refractivity contribution in [1.29, 1.82) is 0 Å². The van der Waals surface area contributed by atoms with Crippen LogP contribution >= 0.6 is 0 Å². The molecule has 1 aliphatic rings. The number of benzene rings is 2. The highest BCUT2D eigenvalue weighted by Gasteiger charge is 2.32. The normalized spacial score (nSPS) is 18.1. The minimum absolute atomic E-state index is 0.138. The third-order valence-corrected chi connectivity index (χ3v) is 3.22. The number of para-hydroxylation sites is 1. The molecule has 0 saturated carbocycles. The number of hydrogen-bond donors (Lipinski definition) is 1. The Morgan fingerprint density at radius 3 is 2.67 bits per heavy atom. The van der Waals surface area contributed by atoms with E-state index in [2.05, 4.69) is 12.2 Å². The van der Waals surface area contributed by atoms with Crippen LogP contribution in [0.3, 0.4) is 0 Å². The van der Waals surface area contributed by atoms with Crippen molar-refractivity contribution >= 4 is 12.5 Å². The van der Waals surface area contributed by atoms with Gasteiger partial charge in [-0.1, -0.05) is 36.4 Å². The SMILES string of the molecule is CC1NB(c2ccccc2F)Oc2ccccc21. The van der Waals surface area contributed by atoms with Crippen LogP contribution in [0.1, 0.15) is 18.5 Å². The van der Waals surface area contributed by atoms with E-state index in [9.17, 15) is 4.39 Å². The summed E-state index contributed by atoms with van der Waals surface area (Å²) in [5.74, 6) is 0.568. The van der Waals surface area contributed by atoms with E-state index in [-0.39, 0.29) is 11.9 Å². The first kappa shape index (κ1) is 11.3. The van der Waals surface area contributed by atoms with Crippen molar-refractivity contribution in [3.63, 3.8) is 0 Å². The summed E-state index contributed by atoms with van der Waals surface area (Å²) >= 11 is 0. The van der Waals surface area contributed by atoms with Crippen LogP contribution in [0.4, 0.5) is 4.39 Å². The number of halogens is 1. The molecule has 0 saturated heterocycles. The smallest absolute Gasteiger partial charge is 0.486 e. The Morgan fingerprint density at radius 2 is 1.83 bits per heavy atom. The molecule has 0 spiro atoms. The molecule has 0 aromatic heterocycles. The van der Waals surface area contributed by atoms with Crippen LogP contribution in [-0.2, 0) is 0 Å². The molecule has 1 heterocycles. The van der Waals surface area contributed by atoms with Crippen molar-refractivity contribution in [2.75, 3.05) is 0 Å². The fourth-order valence-corrected chi connectivity index (χ4v) is 2.26. The molecule has 4 heteroatoms. The summed E-state index contributed by atoms with van der Waals surface area (Å²) < 4.78 is 19.6. The lowest BCUT2D eigenvalue weighted by Gasteiger charge is -2.29. The van der Waals surface area contributed by atoms with Gasteiger partial charge in [0.2, 0.25) is 0 Å². The maximum Gasteiger partial charge on any atom is 0.486 e. The van der Waals surface area contributed by atoms with Crippen molar-refractivity contribution in [2.45, 2.75) is 13.0 Å². The van der Waals surface area contributed by atoms with E-state index in [1.165, 1.54) is 6.07 Å². The lowest BCUT2D eigenvalue weighted by Crippen LogP contribution is -2.54. The Kier molecular flexibility index (Phi) is 2.80. The van der Waals surface area contributed by atoms with E-state index in [1.54, 1.807) is 12.1 Å². The van der Waals surface area contributed by atoms with Gasteiger partial charge in [-0.05, 0) is 19.1 Å². The van der Waals surface area contributed by atoms with Gasteiger partial charge in [0, 0.05) is 17.1 Å². The van der Waals surface area contributed by atoms with Gasteiger partial charge in [-0.25, -0.2) is 4.39 Å². The second kappa shape index (κ2) is 4.46. The molecule has 18 heavy (non-hydrogen) atoms. The summed E-state index contributed by atoms with van der Waals surface area (Å²) in [5.41, 5.74) is 1.64. The summed E-state index contributed by atoms with van der Waals surface area (Å²) in [5, 5.41) is 3.27. The quantitative estimate of drug-likeness (QED) is 0.773. The Morgan fingerprint density at radius 1 is 1.11 bits per heavy atom. The highest BCUT2D eigenvalue weighted by molar-refractivity contribution is 6.66. The van der Waals surface area contributed by atoms with E-state index in [4.69, 9.17) is 4.65 Å². The molecule has 1 aliphatic heterocycles. The van der Waals surface area contributed by atoms with Crippen molar-refractivity contribution in [3.05, 3.63) is 59.9 Å². The average molecular weight is 241 g/mol. The van der Waals surface area contributed by atoms with Crippen LogP contribution < -0.4 is 15.3 Å². The zero-order valence-corrected chi connectivity index (χ0v) is 10.1. The van der Waals surface area contributed by atoms with Gasteiger partial charge in [0.15, 0.2) is 0 Å². The molecular weight excluding hydrogens is 228 g/mol. The predicted octanol–water partition coefficient (Wildman–Crippen LogP) is 2.26. The van der Waals surface area contributed by atoms with E-state index >= 15 is 0 Å². The maximum absolute atomic E-state index is 13.8. The van der Waals surface area contributed by atoms with Gasteiger partial charge < -0.3 is 9.88 Å². The molecule has 3 rings (SSSR count). The molecule has 1 N–H and O–H groups in total. The first-order valence-electron chi connectivity index (χ1n) is 6.02. The Balaban J connectivity index is 1.97. The fourth-order valence-electron chi connectivity index (χ4n) is 2.26. The monoisotopic (exact) mass is 241 g/mol. The van der Waals surface area contributed by atoms with Gasteiger partial charge in [-0.3, -0.25) is 0 Å². The molecule has 2 nitrogen and oxygen atoms in total. The summed E-state index contributed by atoms with van der Waals surface area (Å²) in [6.45, 7) is 2.05. The Labute approximate surface area is 106 Å². The van der Waals surface area contributed by atoms with Crippen LogP contribution in [0, 0.1) is 5.82 Å².